The Morgan fingerprint density at radius 3 is 2.14 bits per heavy atom. The normalized spacial score (nSPS) is 24.1. The molecular weight excluding hydrogens is 183 g/mol. The molecule has 0 radical (unpaired) electrons. The molecule has 1 aromatic rings. The average Bonchev–Trinajstić information content (AvgIpc) is 2.58. The third-order valence-corrected chi connectivity index (χ3v) is 2.83. The van der Waals surface area contributed by atoms with E-state index in [0.717, 1.165) is 0 Å². The monoisotopic (exact) mass is 196 g/mol. The molecule has 2 rings (SSSR count). The fraction of sp³-hybridized carbons (Fsp3) is 0.750. The minimum atomic E-state index is -0.553. The van der Waals surface area contributed by atoms with E-state index in [-0.39, 0.29) is 11.2 Å². The summed E-state index contributed by atoms with van der Waals surface area (Å²) in [5.41, 5.74) is -0.738. The molecule has 0 aliphatic carbocycles. The van der Waals surface area contributed by atoms with Gasteiger partial charge in [-0.2, -0.15) is 0 Å². The van der Waals surface area contributed by atoms with E-state index in [9.17, 15) is 0 Å². The zero-order valence-electron chi connectivity index (χ0n) is 8.77. The van der Waals surface area contributed by atoms with Crippen LogP contribution in [0.25, 0.3) is 0 Å². The van der Waals surface area contributed by atoms with E-state index in [1.807, 2.05) is 27.7 Å². The molecule has 14 heavy (non-hydrogen) atoms. The van der Waals surface area contributed by atoms with Gasteiger partial charge in [0.25, 0.3) is 5.79 Å². The highest BCUT2D eigenvalue weighted by atomic mass is 16.7. The molecule has 0 N–H and O–H groups in total. The SMILES string of the molecule is CC1(C)OB(c2ncno2)OC1(C)C. The highest BCUT2D eigenvalue weighted by Gasteiger charge is 2.54. The zero-order valence-corrected chi connectivity index (χ0v) is 8.77. The van der Waals surface area contributed by atoms with Crippen molar-refractivity contribution >= 4 is 12.9 Å². The molecule has 1 aliphatic rings. The van der Waals surface area contributed by atoms with E-state index in [1.54, 1.807) is 0 Å². The molecule has 2 heterocycles. The summed E-state index contributed by atoms with van der Waals surface area (Å²) in [4.78, 5) is 3.90. The lowest BCUT2D eigenvalue weighted by molar-refractivity contribution is 0.00578. The van der Waals surface area contributed by atoms with Gasteiger partial charge in [0, 0.05) is 0 Å². The molecule has 6 heteroatoms. The second-order valence-corrected chi connectivity index (χ2v) is 4.37. The van der Waals surface area contributed by atoms with Gasteiger partial charge in [0.05, 0.1) is 11.2 Å². The van der Waals surface area contributed by atoms with Gasteiger partial charge in [-0.15, -0.1) is 0 Å². The molecule has 0 amide bonds. The van der Waals surface area contributed by atoms with Crippen LogP contribution in [0.2, 0.25) is 0 Å². The van der Waals surface area contributed by atoms with Crippen molar-refractivity contribution in [2.24, 2.45) is 0 Å². The molecule has 0 bridgehead atoms. The Hall–Kier alpha value is -0.875. The molecule has 0 aromatic carbocycles. The van der Waals surface area contributed by atoms with Crippen molar-refractivity contribution in [1.29, 1.82) is 0 Å². The van der Waals surface area contributed by atoms with Crippen LogP contribution in [0.15, 0.2) is 10.9 Å². The first-order valence-corrected chi connectivity index (χ1v) is 4.55. The third kappa shape index (κ3) is 1.34. The summed E-state index contributed by atoms with van der Waals surface area (Å²) in [6.45, 7) is 7.90. The van der Waals surface area contributed by atoms with Crippen molar-refractivity contribution in [2.75, 3.05) is 0 Å². The molecule has 1 aromatic heterocycles. The van der Waals surface area contributed by atoms with Crippen LogP contribution in [0.1, 0.15) is 27.7 Å². The Morgan fingerprint density at radius 2 is 1.71 bits per heavy atom. The summed E-state index contributed by atoms with van der Waals surface area (Å²) in [6.07, 6.45) is 1.33. The van der Waals surface area contributed by atoms with Crippen molar-refractivity contribution in [3.05, 3.63) is 6.33 Å². The van der Waals surface area contributed by atoms with E-state index in [1.165, 1.54) is 6.33 Å². The van der Waals surface area contributed by atoms with Crippen molar-refractivity contribution in [3.63, 3.8) is 0 Å². The molecule has 1 saturated heterocycles. The zero-order chi connectivity index (χ0) is 10.4. The maximum absolute atomic E-state index is 5.69. The number of rotatable bonds is 1. The smallest absolute Gasteiger partial charge is 0.396 e. The maximum Gasteiger partial charge on any atom is 0.558 e. The Morgan fingerprint density at radius 1 is 1.14 bits per heavy atom. The first-order valence-electron chi connectivity index (χ1n) is 4.55. The standard InChI is InChI=1S/C8H13BN2O3/c1-7(2)8(3,4)14-9(13-7)6-10-5-11-12-6/h5H,1-4H3. The molecule has 1 fully saturated rings. The minimum Gasteiger partial charge on any atom is -0.396 e. The van der Waals surface area contributed by atoms with E-state index < -0.39 is 7.12 Å². The number of hydrogen-bond acceptors (Lipinski definition) is 5. The van der Waals surface area contributed by atoms with Gasteiger partial charge in [-0.3, -0.25) is 0 Å². The summed E-state index contributed by atoms with van der Waals surface area (Å²) in [7, 11) is -0.553. The van der Waals surface area contributed by atoms with Crippen molar-refractivity contribution in [3.8, 4) is 0 Å². The van der Waals surface area contributed by atoms with Crippen LogP contribution in [-0.4, -0.2) is 28.5 Å². The highest BCUT2D eigenvalue weighted by molar-refractivity contribution is 6.59. The van der Waals surface area contributed by atoms with Crippen LogP contribution in [0.5, 0.6) is 0 Å². The van der Waals surface area contributed by atoms with Gasteiger partial charge in [0.2, 0.25) is 0 Å². The number of aromatic nitrogens is 2. The van der Waals surface area contributed by atoms with E-state index >= 15 is 0 Å². The Kier molecular flexibility index (Phi) is 1.94. The van der Waals surface area contributed by atoms with Gasteiger partial charge in [-0.1, -0.05) is 5.16 Å². The summed E-state index contributed by atoms with van der Waals surface area (Å²) >= 11 is 0. The lowest BCUT2D eigenvalue weighted by Gasteiger charge is -2.32. The van der Waals surface area contributed by atoms with Crippen molar-refractivity contribution in [1.82, 2.24) is 10.1 Å². The van der Waals surface area contributed by atoms with Gasteiger partial charge in [-0.25, -0.2) is 4.98 Å². The predicted octanol–water partition coefficient (Wildman–Crippen LogP) is 0.369. The van der Waals surface area contributed by atoms with Crippen molar-refractivity contribution in [2.45, 2.75) is 38.9 Å². The molecule has 76 valence electrons. The van der Waals surface area contributed by atoms with Crippen LogP contribution >= 0.6 is 0 Å². The largest absolute Gasteiger partial charge is 0.558 e. The predicted molar refractivity (Wildman–Crippen MR) is 50.0 cm³/mol. The Balaban J connectivity index is 2.22. The fourth-order valence-electron chi connectivity index (χ4n) is 1.23. The molecule has 1 aliphatic heterocycles. The van der Waals surface area contributed by atoms with Gasteiger partial charge in [-0.05, 0) is 27.7 Å². The van der Waals surface area contributed by atoms with E-state index in [4.69, 9.17) is 13.8 Å². The quantitative estimate of drug-likeness (QED) is 0.607. The first-order chi connectivity index (χ1) is 6.42. The van der Waals surface area contributed by atoms with Crippen LogP contribution < -0.4 is 5.79 Å². The molecule has 0 saturated carbocycles. The minimum absolute atomic E-state index is 0.364. The average molecular weight is 196 g/mol. The number of hydrogen-bond donors (Lipinski definition) is 0. The summed E-state index contributed by atoms with van der Waals surface area (Å²) in [5.74, 6) is 0.364. The van der Waals surface area contributed by atoms with E-state index in [2.05, 4.69) is 10.1 Å². The van der Waals surface area contributed by atoms with Crippen molar-refractivity contribution < 1.29 is 13.8 Å². The summed E-state index contributed by atoms with van der Waals surface area (Å²) in [6, 6.07) is 0. The highest BCUT2D eigenvalue weighted by Crippen LogP contribution is 2.36. The second-order valence-electron chi connectivity index (χ2n) is 4.37. The Labute approximate surface area is 82.9 Å². The lowest BCUT2D eigenvalue weighted by atomic mass is 9.90. The second kappa shape index (κ2) is 2.81. The first kappa shape index (κ1) is 9.67. The van der Waals surface area contributed by atoms with E-state index in [0.29, 0.717) is 5.79 Å². The molecule has 0 spiro atoms. The van der Waals surface area contributed by atoms with Gasteiger partial charge < -0.3 is 13.8 Å². The number of nitrogens with zero attached hydrogens (tertiary/aromatic N) is 2. The summed E-state index contributed by atoms with van der Waals surface area (Å²) < 4.78 is 16.3. The molecular formula is C8H13BN2O3. The molecule has 0 atom stereocenters. The van der Waals surface area contributed by atoms with Gasteiger partial charge >= 0.3 is 7.12 Å². The summed E-state index contributed by atoms with van der Waals surface area (Å²) in [5, 5.41) is 3.52. The molecule has 5 nitrogen and oxygen atoms in total. The maximum atomic E-state index is 5.69. The fourth-order valence-corrected chi connectivity index (χ4v) is 1.23. The Bertz CT molecular complexity index is 307. The molecule has 0 unspecified atom stereocenters. The van der Waals surface area contributed by atoms with Gasteiger partial charge in [0.1, 0.15) is 0 Å². The van der Waals surface area contributed by atoms with Crippen LogP contribution in [0.4, 0.5) is 0 Å². The third-order valence-electron chi connectivity index (χ3n) is 2.83. The lowest BCUT2D eigenvalue weighted by Crippen LogP contribution is -2.41. The van der Waals surface area contributed by atoms with Crippen LogP contribution in [0.3, 0.4) is 0 Å². The van der Waals surface area contributed by atoms with Crippen LogP contribution in [0, 0.1) is 0 Å². The van der Waals surface area contributed by atoms with Crippen LogP contribution in [-0.2, 0) is 9.31 Å². The topological polar surface area (TPSA) is 57.4 Å². The van der Waals surface area contributed by atoms with Gasteiger partial charge in [0.15, 0.2) is 6.33 Å².